The van der Waals surface area contributed by atoms with Gasteiger partial charge in [0.05, 0.1) is 16.9 Å². The third-order valence-electron chi connectivity index (χ3n) is 6.39. The molecule has 0 spiro atoms. The standard InChI is InChI=1S/C21H34BFN4O3/c1-6-26-11-13-27(14-12-26)10-9-24-19(28)25-18-8-7-16(15-17(18)23)22-29-20(2,3)21(4,5)30-22/h7-8,15H,6,9-14H2,1-5H3,(H2,24,25,28). The number of hydrogen-bond donors (Lipinski definition) is 2. The number of halogens is 1. The summed E-state index contributed by atoms with van der Waals surface area (Å²) in [5.41, 5.74) is -0.268. The van der Waals surface area contributed by atoms with Crippen molar-refractivity contribution in [2.24, 2.45) is 0 Å². The Morgan fingerprint density at radius 3 is 2.27 bits per heavy atom. The molecular weight excluding hydrogens is 386 g/mol. The highest BCUT2D eigenvalue weighted by molar-refractivity contribution is 6.62. The monoisotopic (exact) mass is 420 g/mol. The molecule has 166 valence electrons. The first-order valence-electron chi connectivity index (χ1n) is 10.8. The molecule has 2 fully saturated rings. The van der Waals surface area contributed by atoms with Crippen molar-refractivity contribution in [1.29, 1.82) is 0 Å². The van der Waals surface area contributed by atoms with E-state index < -0.39 is 30.2 Å². The molecule has 30 heavy (non-hydrogen) atoms. The first kappa shape index (κ1) is 23.0. The van der Waals surface area contributed by atoms with Gasteiger partial charge in [0.15, 0.2) is 0 Å². The van der Waals surface area contributed by atoms with Crippen molar-refractivity contribution in [3.05, 3.63) is 24.0 Å². The van der Waals surface area contributed by atoms with Crippen LogP contribution < -0.4 is 16.1 Å². The Labute approximate surface area is 179 Å². The highest BCUT2D eigenvalue weighted by Gasteiger charge is 2.51. The van der Waals surface area contributed by atoms with Crippen molar-refractivity contribution in [2.45, 2.75) is 45.8 Å². The van der Waals surface area contributed by atoms with E-state index in [0.717, 1.165) is 39.3 Å². The van der Waals surface area contributed by atoms with Crippen LogP contribution in [0.15, 0.2) is 18.2 Å². The Balaban J connectivity index is 1.47. The van der Waals surface area contributed by atoms with E-state index in [1.807, 2.05) is 27.7 Å². The minimum atomic E-state index is -0.638. The molecule has 0 radical (unpaired) electrons. The molecule has 1 aromatic rings. The number of piperazine rings is 1. The number of carbonyl (C=O) groups excluding carboxylic acids is 1. The normalized spacial score (nSPS) is 21.6. The smallest absolute Gasteiger partial charge is 0.399 e. The van der Waals surface area contributed by atoms with Crippen LogP contribution in [0, 0.1) is 5.82 Å². The quantitative estimate of drug-likeness (QED) is 0.689. The average molecular weight is 420 g/mol. The molecule has 0 atom stereocenters. The van der Waals surface area contributed by atoms with E-state index in [-0.39, 0.29) is 5.69 Å². The van der Waals surface area contributed by atoms with Crippen LogP contribution in [0.5, 0.6) is 0 Å². The van der Waals surface area contributed by atoms with E-state index in [1.165, 1.54) is 6.07 Å². The van der Waals surface area contributed by atoms with Gasteiger partial charge in [-0.25, -0.2) is 9.18 Å². The summed E-state index contributed by atoms with van der Waals surface area (Å²) in [5.74, 6) is -0.520. The molecule has 0 aliphatic carbocycles. The topological polar surface area (TPSA) is 66.1 Å². The van der Waals surface area contributed by atoms with E-state index in [4.69, 9.17) is 9.31 Å². The number of nitrogens with one attached hydrogen (secondary N) is 2. The summed E-state index contributed by atoms with van der Waals surface area (Å²) in [7, 11) is -0.638. The second-order valence-corrected chi connectivity index (χ2v) is 8.98. The van der Waals surface area contributed by atoms with Crippen molar-refractivity contribution in [2.75, 3.05) is 51.1 Å². The number of rotatable bonds is 6. The van der Waals surface area contributed by atoms with Crippen molar-refractivity contribution in [3.8, 4) is 0 Å². The maximum atomic E-state index is 14.6. The fourth-order valence-corrected chi connectivity index (χ4v) is 3.58. The summed E-state index contributed by atoms with van der Waals surface area (Å²) < 4.78 is 26.5. The van der Waals surface area contributed by atoms with Crippen LogP contribution in [-0.4, -0.2) is 80.0 Å². The van der Waals surface area contributed by atoms with Crippen LogP contribution >= 0.6 is 0 Å². The van der Waals surface area contributed by atoms with Crippen LogP contribution in [0.4, 0.5) is 14.9 Å². The number of amides is 2. The summed E-state index contributed by atoms with van der Waals surface area (Å²) in [6.45, 7) is 16.5. The number of nitrogens with zero attached hydrogens (tertiary/aromatic N) is 2. The first-order valence-corrected chi connectivity index (χ1v) is 10.8. The molecule has 2 aliphatic rings. The highest BCUT2D eigenvalue weighted by Crippen LogP contribution is 2.36. The molecule has 9 heteroatoms. The Morgan fingerprint density at radius 1 is 1.10 bits per heavy atom. The van der Waals surface area contributed by atoms with Crippen LogP contribution in [0.3, 0.4) is 0 Å². The SMILES string of the molecule is CCN1CCN(CCNC(=O)Nc2ccc(B3OC(C)(C)C(C)(C)O3)cc2F)CC1. The molecule has 2 amide bonds. The molecular formula is C21H34BFN4O3. The third kappa shape index (κ3) is 5.32. The molecule has 0 bridgehead atoms. The fourth-order valence-electron chi connectivity index (χ4n) is 3.58. The Bertz CT molecular complexity index is 738. The minimum Gasteiger partial charge on any atom is -0.399 e. The zero-order chi connectivity index (χ0) is 21.9. The summed E-state index contributed by atoms with van der Waals surface area (Å²) in [6.07, 6.45) is 0. The maximum absolute atomic E-state index is 14.6. The van der Waals surface area contributed by atoms with Gasteiger partial charge in [0.25, 0.3) is 0 Å². The van der Waals surface area contributed by atoms with Crippen molar-refractivity contribution in [3.63, 3.8) is 0 Å². The van der Waals surface area contributed by atoms with E-state index in [1.54, 1.807) is 12.1 Å². The lowest BCUT2D eigenvalue weighted by atomic mass is 9.79. The van der Waals surface area contributed by atoms with Gasteiger partial charge in [-0.05, 0) is 51.8 Å². The zero-order valence-electron chi connectivity index (χ0n) is 18.8. The predicted octanol–water partition coefficient (Wildman–Crippen LogP) is 1.88. The van der Waals surface area contributed by atoms with Gasteiger partial charge in [-0.1, -0.05) is 13.0 Å². The van der Waals surface area contributed by atoms with Crippen molar-refractivity contribution < 1.29 is 18.5 Å². The van der Waals surface area contributed by atoms with Gasteiger partial charge in [0.1, 0.15) is 5.82 Å². The molecule has 2 heterocycles. The van der Waals surface area contributed by atoms with E-state index >= 15 is 0 Å². The molecule has 7 nitrogen and oxygen atoms in total. The predicted molar refractivity (Wildman–Crippen MR) is 118 cm³/mol. The first-order chi connectivity index (χ1) is 14.1. The number of urea groups is 1. The third-order valence-corrected chi connectivity index (χ3v) is 6.39. The fraction of sp³-hybridized carbons (Fsp3) is 0.667. The Morgan fingerprint density at radius 2 is 1.70 bits per heavy atom. The number of anilines is 1. The van der Waals surface area contributed by atoms with Gasteiger partial charge >= 0.3 is 13.1 Å². The second kappa shape index (κ2) is 9.22. The average Bonchev–Trinajstić information content (AvgIpc) is 2.91. The lowest BCUT2D eigenvalue weighted by molar-refractivity contribution is 0.00578. The number of benzene rings is 1. The van der Waals surface area contributed by atoms with Gasteiger partial charge in [-0.15, -0.1) is 0 Å². The summed E-state index contributed by atoms with van der Waals surface area (Å²) in [6, 6.07) is 4.20. The Hall–Kier alpha value is -1.68. The molecule has 0 saturated carbocycles. The van der Waals surface area contributed by atoms with Gasteiger partial charge in [-0.3, -0.25) is 4.90 Å². The molecule has 0 aromatic heterocycles. The molecule has 0 unspecified atom stereocenters. The van der Waals surface area contributed by atoms with Gasteiger partial charge in [-0.2, -0.15) is 0 Å². The molecule has 3 rings (SSSR count). The lowest BCUT2D eigenvalue weighted by Crippen LogP contribution is -2.48. The number of likely N-dealkylation sites (N-methyl/N-ethyl adjacent to an activating group) is 1. The van der Waals surface area contributed by atoms with Crippen LogP contribution in [0.2, 0.25) is 0 Å². The molecule has 1 aromatic carbocycles. The van der Waals surface area contributed by atoms with Crippen molar-refractivity contribution in [1.82, 2.24) is 15.1 Å². The molecule has 2 N–H and O–H groups in total. The molecule has 2 aliphatic heterocycles. The van der Waals surface area contributed by atoms with Crippen LogP contribution in [-0.2, 0) is 9.31 Å². The minimum absolute atomic E-state index is 0.129. The summed E-state index contributed by atoms with van der Waals surface area (Å²) in [5, 5.41) is 5.38. The van der Waals surface area contributed by atoms with Crippen molar-refractivity contribution >= 4 is 24.3 Å². The lowest BCUT2D eigenvalue weighted by Gasteiger charge is -2.33. The Kier molecular flexibility index (Phi) is 7.07. The summed E-state index contributed by atoms with van der Waals surface area (Å²) in [4.78, 5) is 16.9. The van der Waals surface area contributed by atoms with Gasteiger partial charge in [0, 0.05) is 39.3 Å². The zero-order valence-corrected chi connectivity index (χ0v) is 18.8. The highest BCUT2D eigenvalue weighted by atomic mass is 19.1. The number of carbonyl (C=O) groups is 1. The maximum Gasteiger partial charge on any atom is 0.494 e. The second-order valence-electron chi connectivity index (χ2n) is 8.98. The van der Waals surface area contributed by atoms with Crippen LogP contribution in [0.1, 0.15) is 34.6 Å². The van der Waals surface area contributed by atoms with Gasteiger partial charge < -0.3 is 24.8 Å². The summed E-state index contributed by atoms with van der Waals surface area (Å²) >= 11 is 0. The molecule has 2 saturated heterocycles. The van der Waals surface area contributed by atoms with E-state index in [0.29, 0.717) is 12.0 Å². The number of hydrogen-bond acceptors (Lipinski definition) is 5. The van der Waals surface area contributed by atoms with Crippen LogP contribution in [0.25, 0.3) is 0 Å². The van der Waals surface area contributed by atoms with E-state index in [9.17, 15) is 9.18 Å². The largest absolute Gasteiger partial charge is 0.494 e. The van der Waals surface area contributed by atoms with E-state index in [2.05, 4.69) is 27.4 Å². The van der Waals surface area contributed by atoms with Gasteiger partial charge in [0.2, 0.25) is 0 Å².